The van der Waals surface area contributed by atoms with Crippen LogP contribution in [0.15, 0.2) is 30.4 Å². The molecular formula is C25H31Cl2N3O4. The number of carbonyl (C=O) groups is 4. The molecule has 4 amide bonds. The van der Waals surface area contributed by atoms with Gasteiger partial charge in [0.25, 0.3) is 0 Å². The molecule has 0 aromatic heterocycles. The highest BCUT2D eigenvalue weighted by Gasteiger charge is 2.47. The summed E-state index contributed by atoms with van der Waals surface area (Å²) in [5.74, 6) is -1.75. The summed E-state index contributed by atoms with van der Waals surface area (Å²) in [4.78, 5) is 54.3. The second-order valence-corrected chi connectivity index (χ2v) is 10.7. The smallest absolute Gasteiger partial charge is 0.242 e. The third-order valence-electron chi connectivity index (χ3n) is 6.15. The van der Waals surface area contributed by atoms with Crippen molar-refractivity contribution in [1.82, 2.24) is 15.1 Å². The molecule has 1 saturated heterocycles. The zero-order valence-electron chi connectivity index (χ0n) is 19.9. The Morgan fingerprint density at radius 2 is 1.68 bits per heavy atom. The highest BCUT2D eigenvalue weighted by molar-refractivity contribution is 6.42. The molecular weight excluding hydrogens is 477 g/mol. The van der Waals surface area contributed by atoms with Crippen LogP contribution in [0.5, 0.6) is 0 Å². The van der Waals surface area contributed by atoms with Crippen LogP contribution in [0, 0.1) is 11.8 Å². The van der Waals surface area contributed by atoms with Gasteiger partial charge >= 0.3 is 0 Å². The van der Waals surface area contributed by atoms with Gasteiger partial charge in [-0.25, -0.2) is 0 Å². The summed E-state index contributed by atoms with van der Waals surface area (Å²) < 4.78 is 0. The van der Waals surface area contributed by atoms with Crippen molar-refractivity contribution in [1.29, 1.82) is 0 Å². The van der Waals surface area contributed by atoms with E-state index in [4.69, 9.17) is 23.2 Å². The molecule has 1 fully saturated rings. The first-order chi connectivity index (χ1) is 15.9. The molecule has 1 aromatic carbocycles. The second kappa shape index (κ2) is 10.5. The Bertz CT molecular complexity index is 992. The van der Waals surface area contributed by atoms with E-state index in [2.05, 4.69) is 5.32 Å². The number of hydrogen-bond acceptors (Lipinski definition) is 4. The van der Waals surface area contributed by atoms with E-state index in [1.54, 1.807) is 25.1 Å². The predicted molar refractivity (Wildman–Crippen MR) is 131 cm³/mol. The molecule has 0 radical (unpaired) electrons. The molecule has 34 heavy (non-hydrogen) atoms. The van der Waals surface area contributed by atoms with Crippen LogP contribution < -0.4 is 5.32 Å². The van der Waals surface area contributed by atoms with Crippen molar-refractivity contribution in [2.75, 3.05) is 6.54 Å². The molecule has 1 heterocycles. The monoisotopic (exact) mass is 507 g/mol. The third-order valence-corrected chi connectivity index (χ3v) is 6.89. The van der Waals surface area contributed by atoms with Gasteiger partial charge in [-0.1, -0.05) is 41.4 Å². The van der Waals surface area contributed by atoms with E-state index in [9.17, 15) is 19.2 Å². The number of fused-ring (bicyclic) bond motifs is 1. The van der Waals surface area contributed by atoms with Crippen LogP contribution in [0.4, 0.5) is 0 Å². The summed E-state index contributed by atoms with van der Waals surface area (Å²) in [5.41, 5.74) is 0.242. The maximum Gasteiger partial charge on any atom is 0.242 e. The van der Waals surface area contributed by atoms with Crippen LogP contribution in [0.2, 0.25) is 10.0 Å². The number of amides is 4. The van der Waals surface area contributed by atoms with Gasteiger partial charge < -0.3 is 10.2 Å². The maximum atomic E-state index is 13.3. The fraction of sp³-hybridized carbons (Fsp3) is 0.520. The van der Waals surface area contributed by atoms with Gasteiger partial charge in [0.2, 0.25) is 23.6 Å². The number of carbonyl (C=O) groups excluding carboxylic acids is 4. The Labute approximate surface area is 210 Å². The summed E-state index contributed by atoms with van der Waals surface area (Å²) in [6, 6.07) is 4.26. The fourth-order valence-electron chi connectivity index (χ4n) is 4.33. The number of imide groups is 1. The number of rotatable bonds is 7. The summed E-state index contributed by atoms with van der Waals surface area (Å²) in [7, 11) is 0. The van der Waals surface area contributed by atoms with Crippen molar-refractivity contribution in [3.8, 4) is 0 Å². The molecule has 0 bridgehead atoms. The highest BCUT2D eigenvalue weighted by Crippen LogP contribution is 2.35. The van der Waals surface area contributed by atoms with Gasteiger partial charge in [-0.15, -0.1) is 0 Å². The van der Waals surface area contributed by atoms with Gasteiger partial charge in [-0.3, -0.25) is 24.1 Å². The SMILES string of the molecule is C[C@@H](C(=O)NC(C)(C)C)N(Cc1ccc(Cl)c(Cl)c1)C(=O)CCN1C(=O)[C@H]2CC=CC[C@H]2C1=O. The zero-order valence-corrected chi connectivity index (χ0v) is 21.4. The Hall–Kier alpha value is -2.38. The predicted octanol–water partition coefficient (Wildman–Crippen LogP) is 3.97. The van der Waals surface area contributed by atoms with Crippen LogP contribution in [0.25, 0.3) is 0 Å². The second-order valence-electron chi connectivity index (χ2n) is 9.92. The van der Waals surface area contributed by atoms with Gasteiger partial charge in [0, 0.05) is 25.0 Å². The van der Waals surface area contributed by atoms with E-state index >= 15 is 0 Å². The standard InChI is InChI=1S/C25H31Cl2N3O4/c1-15(22(32)28-25(2,3)4)30(14-16-9-10-19(26)20(27)13-16)21(31)11-12-29-23(33)17-7-5-6-8-18(17)24(29)34/h5-6,9-10,13,15,17-18H,7-8,11-12,14H2,1-4H3,(H,28,32)/t15-,17-,18+/m0/s1. The lowest BCUT2D eigenvalue weighted by molar-refractivity contribution is -0.144. The molecule has 9 heteroatoms. The van der Waals surface area contributed by atoms with Crippen molar-refractivity contribution in [2.24, 2.45) is 11.8 Å². The molecule has 0 unspecified atom stereocenters. The number of nitrogens with one attached hydrogen (secondary N) is 1. The average Bonchev–Trinajstić information content (AvgIpc) is 3.01. The van der Waals surface area contributed by atoms with Crippen LogP contribution in [-0.4, -0.2) is 51.6 Å². The normalized spacial score (nSPS) is 20.8. The van der Waals surface area contributed by atoms with Crippen molar-refractivity contribution in [2.45, 2.75) is 65.1 Å². The zero-order chi connectivity index (χ0) is 25.2. The van der Waals surface area contributed by atoms with Crippen molar-refractivity contribution >= 4 is 46.8 Å². The first kappa shape index (κ1) is 26.2. The van der Waals surface area contributed by atoms with Gasteiger partial charge in [-0.2, -0.15) is 0 Å². The number of hydrogen-bond donors (Lipinski definition) is 1. The molecule has 3 atom stereocenters. The minimum atomic E-state index is -0.780. The molecule has 1 aromatic rings. The van der Waals surface area contributed by atoms with Crippen molar-refractivity contribution in [3.63, 3.8) is 0 Å². The van der Waals surface area contributed by atoms with E-state index in [1.165, 1.54) is 9.80 Å². The number of benzene rings is 1. The molecule has 7 nitrogen and oxygen atoms in total. The maximum absolute atomic E-state index is 13.3. The molecule has 3 rings (SSSR count). The van der Waals surface area contributed by atoms with E-state index < -0.39 is 11.6 Å². The quantitative estimate of drug-likeness (QED) is 0.446. The van der Waals surface area contributed by atoms with Gasteiger partial charge in [-0.05, 0) is 58.2 Å². The molecule has 0 spiro atoms. The molecule has 0 saturated carbocycles. The third kappa shape index (κ3) is 5.99. The molecule has 184 valence electrons. The Balaban J connectivity index is 1.75. The molecule has 2 aliphatic rings. The Kier molecular flexibility index (Phi) is 8.09. The van der Waals surface area contributed by atoms with Gasteiger partial charge in [0.05, 0.1) is 21.9 Å². The lowest BCUT2D eigenvalue weighted by Gasteiger charge is -2.32. The largest absolute Gasteiger partial charge is 0.350 e. The average molecular weight is 508 g/mol. The van der Waals surface area contributed by atoms with Crippen LogP contribution in [-0.2, 0) is 25.7 Å². The van der Waals surface area contributed by atoms with Crippen LogP contribution >= 0.6 is 23.2 Å². The molecule has 1 N–H and O–H groups in total. The highest BCUT2D eigenvalue weighted by atomic mass is 35.5. The minimum Gasteiger partial charge on any atom is -0.350 e. The lowest BCUT2D eigenvalue weighted by atomic mass is 9.85. The number of likely N-dealkylation sites (tertiary alicyclic amines) is 1. The number of nitrogens with zero attached hydrogens (tertiary/aromatic N) is 2. The van der Waals surface area contributed by atoms with Crippen LogP contribution in [0.1, 0.15) is 52.5 Å². The summed E-state index contributed by atoms with van der Waals surface area (Å²) in [6.07, 6.45) is 4.88. The first-order valence-corrected chi connectivity index (χ1v) is 12.2. The van der Waals surface area contributed by atoms with E-state index in [0.717, 1.165) is 0 Å². The number of allylic oxidation sites excluding steroid dienone is 2. The summed E-state index contributed by atoms with van der Waals surface area (Å²) >= 11 is 12.2. The fourth-order valence-corrected chi connectivity index (χ4v) is 4.65. The van der Waals surface area contributed by atoms with Gasteiger partial charge in [0.15, 0.2) is 0 Å². The Morgan fingerprint density at radius 1 is 1.09 bits per heavy atom. The van der Waals surface area contributed by atoms with E-state index in [1.807, 2.05) is 32.9 Å². The van der Waals surface area contributed by atoms with Crippen molar-refractivity contribution < 1.29 is 19.2 Å². The molecule has 1 aliphatic heterocycles. The van der Waals surface area contributed by atoms with E-state index in [0.29, 0.717) is 28.5 Å². The summed E-state index contributed by atoms with van der Waals surface area (Å²) in [5, 5.41) is 3.64. The minimum absolute atomic E-state index is 0.00498. The molecule has 1 aliphatic carbocycles. The first-order valence-electron chi connectivity index (χ1n) is 11.4. The van der Waals surface area contributed by atoms with Crippen LogP contribution in [0.3, 0.4) is 0 Å². The lowest BCUT2D eigenvalue weighted by Crippen LogP contribution is -2.52. The summed E-state index contributed by atoms with van der Waals surface area (Å²) in [6.45, 7) is 7.37. The van der Waals surface area contributed by atoms with Gasteiger partial charge in [0.1, 0.15) is 6.04 Å². The number of halogens is 2. The topological polar surface area (TPSA) is 86.8 Å². The van der Waals surface area contributed by atoms with E-state index in [-0.39, 0.29) is 55.0 Å². The Morgan fingerprint density at radius 3 is 2.21 bits per heavy atom. The van der Waals surface area contributed by atoms with Crippen molar-refractivity contribution in [3.05, 3.63) is 46.0 Å².